The molecule has 2 heterocycles. The van der Waals surface area contributed by atoms with Crippen molar-refractivity contribution in [3.8, 4) is 16.9 Å². The van der Waals surface area contributed by atoms with Crippen LogP contribution in [0.4, 0.5) is 9.39 Å². The van der Waals surface area contributed by atoms with Gasteiger partial charge in [-0.15, -0.1) is 21.5 Å². The van der Waals surface area contributed by atoms with Crippen LogP contribution in [-0.4, -0.2) is 39.5 Å². The second kappa shape index (κ2) is 12.5. The van der Waals surface area contributed by atoms with Crippen LogP contribution in [0.5, 0.6) is 5.75 Å². The van der Waals surface area contributed by atoms with Gasteiger partial charge in [-0.25, -0.2) is 9.18 Å². The topological polar surface area (TPSA) is 95.3 Å². The lowest BCUT2D eigenvalue weighted by Gasteiger charge is -2.15. The summed E-state index contributed by atoms with van der Waals surface area (Å²) in [4.78, 5) is 25.4. The number of rotatable bonds is 10. The molecule has 0 saturated carbocycles. The number of benzene rings is 2. The van der Waals surface area contributed by atoms with E-state index in [1.165, 1.54) is 42.3 Å². The fourth-order valence-corrected chi connectivity index (χ4v) is 5.71. The van der Waals surface area contributed by atoms with Gasteiger partial charge in [-0.05, 0) is 55.8 Å². The fraction of sp³-hybridized carbons (Fsp3) is 0.231. The van der Waals surface area contributed by atoms with E-state index in [4.69, 9.17) is 9.47 Å². The van der Waals surface area contributed by atoms with E-state index in [-0.39, 0.29) is 29.1 Å². The number of anilines is 1. The number of amides is 1. The smallest absolute Gasteiger partial charge is 0.341 e. The molecule has 0 fully saturated rings. The summed E-state index contributed by atoms with van der Waals surface area (Å²) in [7, 11) is 1.27. The number of thiophene rings is 1. The van der Waals surface area contributed by atoms with Crippen molar-refractivity contribution < 1.29 is 23.5 Å². The van der Waals surface area contributed by atoms with Crippen LogP contribution >= 0.6 is 39.0 Å². The van der Waals surface area contributed by atoms with E-state index in [2.05, 4.69) is 31.4 Å². The molecule has 12 heteroatoms. The molecule has 0 radical (unpaired) electrons. The summed E-state index contributed by atoms with van der Waals surface area (Å²) in [5, 5.41) is 14.0. The first kappa shape index (κ1) is 27.8. The SMILES string of the molecule is CCn1c(SCC(=O)Nc2scc(-c3ccc(F)cc3)c2C(=O)OC)nnc1C(C)Oc1ccc(Br)cc1. The number of aromatic nitrogens is 3. The molecule has 0 bridgehead atoms. The summed E-state index contributed by atoms with van der Waals surface area (Å²) >= 11 is 5.84. The van der Waals surface area contributed by atoms with Gasteiger partial charge in [0.25, 0.3) is 0 Å². The second-order valence-corrected chi connectivity index (χ2v) is 10.7. The minimum atomic E-state index is -0.594. The van der Waals surface area contributed by atoms with Crippen LogP contribution in [-0.2, 0) is 16.1 Å². The van der Waals surface area contributed by atoms with E-state index in [1.807, 2.05) is 42.7 Å². The monoisotopic (exact) mass is 618 g/mol. The lowest BCUT2D eigenvalue weighted by Crippen LogP contribution is -2.17. The molecule has 0 aliphatic heterocycles. The molecule has 8 nitrogen and oxygen atoms in total. The zero-order chi connectivity index (χ0) is 27.2. The first-order chi connectivity index (χ1) is 18.3. The van der Waals surface area contributed by atoms with Crippen molar-refractivity contribution >= 4 is 55.9 Å². The summed E-state index contributed by atoms with van der Waals surface area (Å²) < 4.78 is 27.2. The van der Waals surface area contributed by atoms with Crippen LogP contribution in [0.15, 0.2) is 63.5 Å². The zero-order valence-corrected chi connectivity index (χ0v) is 24.0. The predicted octanol–water partition coefficient (Wildman–Crippen LogP) is 6.59. The number of carbonyl (C=O) groups excluding carboxylic acids is 2. The van der Waals surface area contributed by atoms with Crippen molar-refractivity contribution in [3.63, 3.8) is 0 Å². The average molecular weight is 620 g/mol. The first-order valence-corrected chi connectivity index (χ1v) is 14.2. The third kappa shape index (κ3) is 6.43. The number of halogens is 2. The van der Waals surface area contributed by atoms with Gasteiger partial charge in [-0.2, -0.15) is 0 Å². The lowest BCUT2D eigenvalue weighted by atomic mass is 10.0. The van der Waals surface area contributed by atoms with Crippen molar-refractivity contribution in [2.24, 2.45) is 0 Å². The summed E-state index contributed by atoms with van der Waals surface area (Å²) in [5.74, 6) is 0.102. The molecule has 0 saturated heterocycles. The second-order valence-electron chi connectivity index (χ2n) is 7.99. The van der Waals surface area contributed by atoms with E-state index in [0.29, 0.717) is 39.4 Å². The van der Waals surface area contributed by atoms with Crippen LogP contribution in [0.3, 0.4) is 0 Å². The van der Waals surface area contributed by atoms with Gasteiger partial charge < -0.3 is 19.4 Å². The van der Waals surface area contributed by atoms with Gasteiger partial charge in [0.2, 0.25) is 5.91 Å². The van der Waals surface area contributed by atoms with Crippen LogP contribution in [0, 0.1) is 5.82 Å². The Morgan fingerprint density at radius 2 is 1.87 bits per heavy atom. The van der Waals surface area contributed by atoms with Crippen molar-refractivity contribution in [3.05, 3.63) is 75.6 Å². The number of ether oxygens (including phenoxy) is 2. The highest BCUT2D eigenvalue weighted by Crippen LogP contribution is 2.36. The van der Waals surface area contributed by atoms with Crippen LogP contribution in [0.25, 0.3) is 11.1 Å². The van der Waals surface area contributed by atoms with Crippen LogP contribution in [0.1, 0.15) is 36.1 Å². The maximum absolute atomic E-state index is 13.4. The number of nitrogens with zero attached hydrogens (tertiary/aromatic N) is 3. The molecule has 4 rings (SSSR count). The van der Waals surface area contributed by atoms with E-state index >= 15 is 0 Å². The Bertz CT molecular complexity index is 1420. The Balaban J connectivity index is 1.45. The molecule has 4 aromatic rings. The normalized spacial score (nSPS) is 11.7. The number of thioether (sulfide) groups is 1. The van der Waals surface area contributed by atoms with Crippen molar-refractivity contribution in [2.75, 3.05) is 18.2 Å². The molecule has 38 heavy (non-hydrogen) atoms. The largest absolute Gasteiger partial charge is 0.483 e. The number of carbonyl (C=O) groups is 2. The highest BCUT2D eigenvalue weighted by Gasteiger charge is 2.23. The number of hydrogen-bond donors (Lipinski definition) is 1. The molecule has 0 aliphatic carbocycles. The first-order valence-electron chi connectivity index (χ1n) is 11.5. The molecule has 0 spiro atoms. The van der Waals surface area contributed by atoms with Gasteiger partial charge in [-0.1, -0.05) is 39.8 Å². The Hall–Kier alpha value is -3.22. The molecule has 1 amide bonds. The summed E-state index contributed by atoms with van der Waals surface area (Å²) in [6, 6.07) is 13.3. The van der Waals surface area contributed by atoms with Gasteiger partial charge in [0.15, 0.2) is 17.1 Å². The molecule has 1 atom stereocenters. The number of methoxy groups -OCH3 is 1. The van der Waals surface area contributed by atoms with Gasteiger partial charge >= 0.3 is 5.97 Å². The van der Waals surface area contributed by atoms with Crippen molar-refractivity contribution in [2.45, 2.75) is 31.7 Å². The van der Waals surface area contributed by atoms with E-state index in [9.17, 15) is 14.0 Å². The Morgan fingerprint density at radius 1 is 1.16 bits per heavy atom. The van der Waals surface area contributed by atoms with Crippen LogP contribution < -0.4 is 10.1 Å². The molecule has 1 unspecified atom stereocenters. The van der Waals surface area contributed by atoms with E-state index in [0.717, 1.165) is 4.47 Å². The standard InChI is InChI=1S/C26H24BrFN4O4S2/c1-4-32-23(15(2)36-19-11-7-17(27)8-12-19)30-31-26(32)38-14-21(33)29-24-22(25(34)35-3)20(13-37-24)16-5-9-18(28)10-6-16/h5-13,15H,4,14H2,1-3H3,(H,29,33). The fourth-order valence-electron chi connectivity index (χ4n) is 3.66. The summed E-state index contributed by atoms with van der Waals surface area (Å²) in [6.07, 6.45) is -0.356. The quantitative estimate of drug-likeness (QED) is 0.158. The maximum Gasteiger partial charge on any atom is 0.341 e. The number of hydrogen-bond acceptors (Lipinski definition) is 8. The van der Waals surface area contributed by atoms with Crippen molar-refractivity contribution in [1.82, 2.24) is 14.8 Å². The van der Waals surface area contributed by atoms with Gasteiger partial charge in [-0.3, -0.25) is 4.79 Å². The van der Waals surface area contributed by atoms with E-state index < -0.39 is 5.97 Å². The van der Waals surface area contributed by atoms with Crippen LogP contribution in [0.2, 0.25) is 0 Å². The minimum Gasteiger partial charge on any atom is -0.483 e. The summed E-state index contributed by atoms with van der Waals surface area (Å²) in [6.45, 7) is 4.45. The molecule has 2 aromatic heterocycles. The third-order valence-corrected chi connectivity index (χ3v) is 7.86. The lowest BCUT2D eigenvalue weighted by molar-refractivity contribution is -0.113. The van der Waals surface area contributed by atoms with Gasteiger partial charge in [0, 0.05) is 22.0 Å². The molecular formula is C26H24BrFN4O4S2. The number of nitrogens with one attached hydrogen (secondary N) is 1. The Labute approximate surface area is 235 Å². The van der Waals surface area contributed by atoms with Crippen molar-refractivity contribution in [1.29, 1.82) is 0 Å². The third-order valence-electron chi connectivity index (χ3n) is 5.47. The highest BCUT2D eigenvalue weighted by atomic mass is 79.9. The Morgan fingerprint density at radius 3 is 2.53 bits per heavy atom. The average Bonchev–Trinajstić information content (AvgIpc) is 3.52. The van der Waals surface area contributed by atoms with Gasteiger partial charge in [0.1, 0.15) is 22.1 Å². The molecule has 2 aromatic carbocycles. The maximum atomic E-state index is 13.4. The van der Waals surface area contributed by atoms with E-state index in [1.54, 1.807) is 17.5 Å². The summed E-state index contributed by atoms with van der Waals surface area (Å²) in [5.41, 5.74) is 1.42. The Kier molecular flexibility index (Phi) is 9.18. The minimum absolute atomic E-state index is 0.0461. The molecule has 1 N–H and O–H groups in total. The predicted molar refractivity (Wildman–Crippen MR) is 149 cm³/mol. The molecule has 0 aliphatic rings. The number of esters is 1. The molecule has 198 valence electrons. The molecular weight excluding hydrogens is 595 g/mol. The zero-order valence-electron chi connectivity index (χ0n) is 20.7. The highest BCUT2D eigenvalue weighted by molar-refractivity contribution is 9.10. The van der Waals surface area contributed by atoms with Gasteiger partial charge in [0.05, 0.1) is 12.9 Å².